The van der Waals surface area contributed by atoms with Crippen molar-refractivity contribution in [2.45, 2.75) is 31.8 Å². The van der Waals surface area contributed by atoms with Gasteiger partial charge in [0.15, 0.2) is 0 Å². The summed E-state index contributed by atoms with van der Waals surface area (Å²) >= 11 is 6.34. The third-order valence-corrected chi connectivity index (χ3v) is 4.88. The summed E-state index contributed by atoms with van der Waals surface area (Å²) in [7, 11) is 0. The maximum Gasteiger partial charge on any atom is 0.0579 e. The van der Waals surface area contributed by atoms with Crippen LogP contribution >= 0.6 is 11.6 Å². The lowest BCUT2D eigenvalue weighted by atomic mass is 9.85. The lowest BCUT2D eigenvalue weighted by Gasteiger charge is -2.45. The van der Waals surface area contributed by atoms with Crippen LogP contribution in [0.15, 0.2) is 24.3 Å². The van der Waals surface area contributed by atoms with Crippen LogP contribution in [0.25, 0.3) is 0 Å². The molecule has 4 heteroatoms. The molecule has 2 aliphatic rings. The molecule has 0 aromatic heterocycles. The van der Waals surface area contributed by atoms with Gasteiger partial charge in [-0.3, -0.25) is 4.90 Å². The van der Waals surface area contributed by atoms with Gasteiger partial charge in [0.2, 0.25) is 0 Å². The Bertz CT molecular complexity index is 466. The number of benzene rings is 1. The topological polar surface area (TPSA) is 32.7 Å². The number of hydrogen-bond donors (Lipinski definition) is 1. The van der Waals surface area contributed by atoms with Crippen LogP contribution in [0.1, 0.15) is 31.4 Å². The van der Waals surface area contributed by atoms with Gasteiger partial charge >= 0.3 is 0 Å². The standard InChI is InChI=1S/C16H22ClNO2/c1-12(14-4-2-3-5-15(14)17)18(13-6-7-13)8-16(9-19)10-20-11-16/h2-5,12-13,19H,6-11H2,1H3. The summed E-state index contributed by atoms with van der Waals surface area (Å²) < 4.78 is 5.33. The molecule has 1 unspecified atom stereocenters. The Morgan fingerprint density at radius 2 is 2.10 bits per heavy atom. The molecular formula is C16H22ClNO2. The van der Waals surface area contributed by atoms with Crippen molar-refractivity contribution in [2.24, 2.45) is 5.41 Å². The van der Waals surface area contributed by atoms with Crippen molar-refractivity contribution in [1.29, 1.82) is 0 Å². The molecule has 1 N–H and O–H groups in total. The van der Waals surface area contributed by atoms with Gasteiger partial charge in [-0.15, -0.1) is 0 Å². The van der Waals surface area contributed by atoms with E-state index >= 15 is 0 Å². The largest absolute Gasteiger partial charge is 0.396 e. The van der Waals surface area contributed by atoms with E-state index in [-0.39, 0.29) is 18.1 Å². The zero-order valence-corrected chi connectivity index (χ0v) is 12.6. The first-order chi connectivity index (χ1) is 9.65. The van der Waals surface area contributed by atoms with Crippen LogP contribution in [0.4, 0.5) is 0 Å². The fourth-order valence-corrected chi connectivity index (χ4v) is 3.29. The minimum atomic E-state index is -0.0713. The quantitative estimate of drug-likeness (QED) is 0.876. The average Bonchev–Trinajstić information content (AvgIpc) is 3.23. The molecule has 0 spiro atoms. The van der Waals surface area contributed by atoms with Crippen molar-refractivity contribution in [3.8, 4) is 0 Å². The fourth-order valence-electron chi connectivity index (χ4n) is 2.99. The van der Waals surface area contributed by atoms with Crippen molar-refractivity contribution in [2.75, 3.05) is 26.4 Å². The van der Waals surface area contributed by atoms with Crippen LogP contribution in [0.3, 0.4) is 0 Å². The van der Waals surface area contributed by atoms with Crippen LogP contribution in [0.2, 0.25) is 5.02 Å². The fraction of sp³-hybridized carbons (Fsp3) is 0.625. The van der Waals surface area contributed by atoms with Gasteiger partial charge in [0.05, 0.1) is 25.2 Å². The third-order valence-electron chi connectivity index (χ3n) is 4.54. The van der Waals surface area contributed by atoms with Crippen LogP contribution in [-0.4, -0.2) is 42.4 Å². The minimum absolute atomic E-state index is 0.0713. The monoisotopic (exact) mass is 295 g/mol. The molecule has 110 valence electrons. The zero-order chi connectivity index (χ0) is 14.2. The normalized spacial score (nSPS) is 22.6. The van der Waals surface area contributed by atoms with Gasteiger partial charge in [0, 0.05) is 23.7 Å². The molecule has 0 amide bonds. The van der Waals surface area contributed by atoms with Crippen molar-refractivity contribution in [3.05, 3.63) is 34.9 Å². The molecule has 1 heterocycles. The molecule has 3 rings (SSSR count). The smallest absolute Gasteiger partial charge is 0.0579 e. The molecule has 3 nitrogen and oxygen atoms in total. The van der Waals surface area contributed by atoms with E-state index in [0.29, 0.717) is 19.3 Å². The molecule has 1 saturated carbocycles. The highest BCUT2D eigenvalue weighted by atomic mass is 35.5. The number of nitrogens with zero attached hydrogens (tertiary/aromatic N) is 1. The predicted molar refractivity (Wildman–Crippen MR) is 79.9 cm³/mol. The van der Waals surface area contributed by atoms with Crippen LogP contribution in [0, 0.1) is 5.41 Å². The lowest BCUT2D eigenvalue weighted by molar-refractivity contribution is -0.152. The summed E-state index contributed by atoms with van der Waals surface area (Å²) in [5.74, 6) is 0. The van der Waals surface area contributed by atoms with Crippen molar-refractivity contribution >= 4 is 11.6 Å². The number of aliphatic hydroxyl groups excluding tert-OH is 1. The van der Waals surface area contributed by atoms with Crippen molar-refractivity contribution in [1.82, 2.24) is 4.90 Å². The van der Waals surface area contributed by atoms with Crippen molar-refractivity contribution in [3.63, 3.8) is 0 Å². The second kappa shape index (κ2) is 5.64. The van der Waals surface area contributed by atoms with Gasteiger partial charge in [-0.05, 0) is 31.4 Å². The molecule has 1 atom stereocenters. The molecule has 1 aliphatic heterocycles. The van der Waals surface area contributed by atoms with E-state index in [1.165, 1.54) is 18.4 Å². The summed E-state index contributed by atoms with van der Waals surface area (Å²) in [6.07, 6.45) is 2.49. The Hall–Kier alpha value is -0.610. The molecule has 20 heavy (non-hydrogen) atoms. The SMILES string of the molecule is CC(c1ccccc1Cl)N(CC1(CO)COC1)C1CC1. The first kappa shape index (κ1) is 14.3. The Morgan fingerprint density at radius 1 is 1.40 bits per heavy atom. The van der Waals surface area contributed by atoms with Gasteiger partial charge in [0.1, 0.15) is 0 Å². The summed E-state index contributed by atoms with van der Waals surface area (Å²) in [6, 6.07) is 8.97. The molecule has 1 saturated heterocycles. The highest BCUT2D eigenvalue weighted by Crippen LogP contribution is 2.40. The average molecular weight is 296 g/mol. The Kier molecular flexibility index (Phi) is 4.04. The van der Waals surface area contributed by atoms with Gasteiger partial charge in [-0.25, -0.2) is 0 Å². The van der Waals surface area contributed by atoms with Crippen LogP contribution < -0.4 is 0 Å². The summed E-state index contributed by atoms with van der Waals surface area (Å²) in [5.41, 5.74) is 1.10. The summed E-state index contributed by atoms with van der Waals surface area (Å²) in [5, 5.41) is 10.5. The van der Waals surface area contributed by atoms with E-state index in [1.54, 1.807) is 0 Å². The highest BCUT2D eigenvalue weighted by Gasteiger charge is 2.44. The van der Waals surface area contributed by atoms with E-state index < -0.39 is 0 Å². The Morgan fingerprint density at radius 3 is 2.60 bits per heavy atom. The van der Waals surface area contributed by atoms with E-state index in [2.05, 4.69) is 17.9 Å². The number of ether oxygens (including phenoxy) is 1. The Labute approximate surface area is 125 Å². The van der Waals surface area contributed by atoms with E-state index in [4.69, 9.17) is 16.3 Å². The first-order valence-corrected chi connectivity index (χ1v) is 7.72. The summed E-state index contributed by atoms with van der Waals surface area (Å²) in [6.45, 7) is 4.64. The van der Waals surface area contributed by atoms with Gasteiger partial charge in [-0.1, -0.05) is 29.8 Å². The number of hydrogen-bond acceptors (Lipinski definition) is 3. The second-order valence-electron chi connectivity index (χ2n) is 6.25. The summed E-state index contributed by atoms with van der Waals surface area (Å²) in [4.78, 5) is 2.50. The number of halogens is 1. The second-order valence-corrected chi connectivity index (χ2v) is 6.66. The maximum absolute atomic E-state index is 9.66. The zero-order valence-electron chi connectivity index (χ0n) is 11.9. The maximum atomic E-state index is 9.66. The van der Waals surface area contributed by atoms with Gasteiger partial charge < -0.3 is 9.84 Å². The Balaban J connectivity index is 1.78. The molecular weight excluding hydrogens is 274 g/mol. The van der Waals surface area contributed by atoms with Crippen LogP contribution in [-0.2, 0) is 4.74 Å². The first-order valence-electron chi connectivity index (χ1n) is 7.34. The van der Waals surface area contributed by atoms with E-state index in [1.807, 2.05) is 18.2 Å². The molecule has 0 bridgehead atoms. The van der Waals surface area contributed by atoms with Gasteiger partial charge in [0.25, 0.3) is 0 Å². The number of rotatable bonds is 6. The van der Waals surface area contributed by atoms with Gasteiger partial charge in [-0.2, -0.15) is 0 Å². The highest BCUT2D eigenvalue weighted by molar-refractivity contribution is 6.31. The molecule has 1 aliphatic carbocycles. The molecule has 1 aromatic rings. The predicted octanol–water partition coefficient (Wildman–Crippen LogP) is 2.87. The minimum Gasteiger partial charge on any atom is -0.396 e. The third kappa shape index (κ3) is 2.73. The van der Waals surface area contributed by atoms with E-state index in [0.717, 1.165) is 11.6 Å². The van der Waals surface area contributed by atoms with Crippen LogP contribution in [0.5, 0.6) is 0 Å². The van der Waals surface area contributed by atoms with Crippen molar-refractivity contribution < 1.29 is 9.84 Å². The number of aliphatic hydroxyl groups is 1. The van der Waals surface area contributed by atoms with E-state index in [9.17, 15) is 5.11 Å². The molecule has 0 radical (unpaired) electrons. The lowest BCUT2D eigenvalue weighted by Crippen LogP contribution is -2.54. The molecule has 2 fully saturated rings. The molecule has 1 aromatic carbocycles.